The summed E-state index contributed by atoms with van der Waals surface area (Å²) in [5.74, 6) is 0.465. The number of rotatable bonds is 7. The van der Waals surface area contributed by atoms with Gasteiger partial charge in [0.25, 0.3) is 5.56 Å². The molecule has 0 saturated carbocycles. The molecule has 0 spiro atoms. The summed E-state index contributed by atoms with van der Waals surface area (Å²) in [6.07, 6.45) is 2.56. The summed E-state index contributed by atoms with van der Waals surface area (Å²) in [7, 11) is 0. The Morgan fingerprint density at radius 3 is 2.54 bits per heavy atom. The molecule has 1 atom stereocenters. The Bertz CT molecular complexity index is 984. The van der Waals surface area contributed by atoms with Gasteiger partial charge < -0.3 is 10.3 Å². The van der Waals surface area contributed by atoms with Gasteiger partial charge in [0.05, 0.1) is 6.42 Å². The van der Waals surface area contributed by atoms with Crippen molar-refractivity contribution in [2.75, 3.05) is 6.54 Å². The Balaban J connectivity index is 1.68. The van der Waals surface area contributed by atoms with Crippen molar-refractivity contribution in [1.29, 1.82) is 0 Å². The van der Waals surface area contributed by atoms with Crippen molar-refractivity contribution in [1.82, 2.24) is 20.3 Å². The fourth-order valence-corrected chi connectivity index (χ4v) is 3.13. The van der Waals surface area contributed by atoms with Gasteiger partial charge in [0.2, 0.25) is 5.91 Å². The zero-order valence-corrected chi connectivity index (χ0v) is 16.1. The normalized spacial score (nSPS) is 11.8. The lowest BCUT2D eigenvalue weighted by Gasteiger charge is -2.16. The number of carbonyl (C=O) groups excluding carboxylic acids is 1. The summed E-state index contributed by atoms with van der Waals surface area (Å²) in [5.41, 5.74) is 2.39. The van der Waals surface area contributed by atoms with Crippen molar-refractivity contribution in [3.8, 4) is 11.5 Å². The summed E-state index contributed by atoms with van der Waals surface area (Å²) in [5, 5.41) is 2.95. The van der Waals surface area contributed by atoms with E-state index in [1.165, 1.54) is 5.56 Å². The van der Waals surface area contributed by atoms with Gasteiger partial charge in [0.1, 0.15) is 5.69 Å². The first kappa shape index (κ1) is 19.5. The largest absolute Gasteiger partial charge is 0.355 e. The van der Waals surface area contributed by atoms with Crippen molar-refractivity contribution >= 4 is 5.91 Å². The maximum atomic E-state index is 12.5. The number of aromatic nitrogens is 3. The minimum Gasteiger partial charge on any atom is -0.355 e. The molecule has 0 unspecified atom stereocenters. The second-order valence-corrected chi connectivity index (χ2v) is 6.69. The Hall–Kier alpha value is -3.28. The molecule has 3 aromatic rings. The van der Waals surface area contributed by atoms with Crippen LogP contribution in [-0.2, 0) is 11.2 Å². The number of benzene rings is 1. The minimum absolute atomic E-state index is 0.00187. The highest BCUT2D eigenvalue weighted by Crippen LogP contribution is 2.18. The van der Waals surface area contributed by atoms with Crippen LogP contribution in [0.15, 0.2) is 59.5 Å². The molecule has 0 aliphatic rings. The van der Waals surface area contributed by atoms with E-state index in [2.05, 4.69) is 39.3 Å². The number of aryl methyl sites for hydroxylation is 1. The van der Waals surface area contributed by atoms with Crippen LogP contribution in [0.25, 0.3) is 11.5 Å². The number of hydrogen-bond acceptors (Lipinski definition) is 4. The van der Waals surface area contributed by atoms with Gasteiger partial charge in [-0.25, -0.2) is 4.98 Å². The molecule has 0 bridgehead atoms. The van der Waals surface area contributed by atoms with Crippen LogP contribution in [0.4, 0.5) is 0 Å². The highest BCUT2D eigenvalue weighted by molar-refractivity contribution is 5.78. The number of H-pyrrole nitrogens is 1. The van der Waals surface area contributed by atoms with Gasteiger partial charge in [-0.3, -0.25) is 14.6 Å². The highest BCUT2D eigenvalue weighted by Gasteiger charge is 2.15. The topological polar surface area (TPSA) is 87.7 Å². The Kier molecular flexibility index (Phi) is 6.32. The second-order valence-electron chi connectivity index (χ2n) is 6.69. The summed E-state index contributed by atoms with van der Waals surface area (Å²) < 4.78 is 0. The SMILES string of the molecule is CC[C@H](CNC(=O)Cc1c(C)nc(-c2ccccn2)[nH]c1=O)c1ccccc1. The maximum absolute atomic E-state index is 12.5. The van der Waals surface area contributed by atoms with Gasteiger partial charge >= 0.3 is 0 Å². The van der Waals surface area contributed by atoms with E-state index in [-0.39, 0.29) is 23.8 Å². The first-order valence-electron chi connectivity index (χ1n) is 9.41. The zero-order valence-electron chi connectivity index (χ0n) is 16.1. The van der Waals surface area contributed by atoms with E-state index in [0.717, 1.165) is 6.42 Å². The van der Waals surface area contributed by atoms with Crippen LogP contribution in [0.3, 0.4) is 0 Å². The predicted octanol–water partition coefficient (Wildman–Crippen LogP) is 2.99. The van der Waals surface area contributed by atoms with Crippen molar-refractivity contribution in [2.45, 2.75) is 32.6 Å². The van der Waals surface area contributed by atoms with Gasteiger partial charge in [-0.05, 0) is 31.0 Å². The summed E-state index contributed by atoms with van der Waals surface area (Å²) in [6, 6.07) is 15.5. The summed E-state index contributed by atoms with van der Waals surface area (Å²) >= 11 is 0. The fraction of sp³-hybridized carbons (Fsp3) is 0.273. The van der Waals surface area contributed by atoms with Gasteiger partial charge in [-0.1, -0.05) is 43.3 Å². The molecule has 1 amide bonds. The molecule has 0 aliphatic heterocycles. The number of nitrogens with zero attached hydrogens (tertiary/aromatic N) is 2. The van der Waals surface area contributed by atoms with E-state index in [0.29, 0.717) is 29.3 Å². The first-order valence-corrected chi connectivity index (χ1v) is 9.41. The molecule has 0 radical (unpaired) electrons. The molecule has 6 nitrogen and oxygen atoms in total. The third-order valence-electron chi connectivity index (χ3n) is 4.78. The molecule has 2 heterocycles. The molecule has 6 heteroatoms. The van der Waals surface area contributed by atoms with Crippen LogP contribution in [-0.4, -0.2) is 27.4 Å². The quantitative estimate of drug-likeness (QED) is 0.664. The monoisotopic (exact) mass is 376 g/mol. The van der Waals surface area contributed by atoms with E-state index in [1.54, 1.807) is 25.3 Å². The summed E-state index contributed by atoms with van der Waals surface area (Å²) in [6.45, 7) is 4.37. The van der Waals surface area contributed by atoms with Gasteiger partial charge in [-0.2, -0.15) is 0 Å². The van der Waals surface area contributed by atoms with Crippen molar-refractivity contribution in [3.63, 3.8) is 0 Å². The van der Waals surface area contributed by atoms with Crippen LogP contribution in [0.2, 0.25) is 0 Å². The molecule has 0 saturated heterocycles. The second kappa shape index (κ2) is 9.08. The molecular formula is C22H24N4O2. The van der Waals surface area contributed by atoms with E-state index in [4.69, 9.17) is 0 Å². The zero-order chi connectivity index (χ0) is 19.9. The van der Waals surface area contributed by atoms with E-state index >= 15 is 0 Å². The maximum Gasteiger partial charge on any atom is 0.255 e. The van der Waals surface area contributed by atoms with Gasteiger partial charge in [0, 0.05) is 29.9 Å². The Labute approximate surface area is 164 Å². The van der Waals surface area contributed by atoms with Gasteiger partial charge in [0.15, 0.2) is 5.82 Å². The van der Waals surface area contributed by atoms with Crippen LogP contribution in [0, 0.1) is 6.92 Å². The van der Waals surface area contributed by atoms with Crippen LogP contribution < -0.4 is 10.9 Å². The number of nitrogens with one attached hydrogen (secondary N) is 2. The smallest absolute Gasteiger partial charge is 0.255 e. The molecule has 28 heavy (non-hydrogen) atoms. The highest BCUT2D eigenvalue weighted by atomic mass is 16.2. The first-order chi connectivity index (χ1) is 13.6. The van der Waals surface area contributed by atoms with E-state index < -0.39 is 0 Å². The number of aromatic amines is 1. The number of carbonyl (C=O) groups is 1. The van der Waals surface area contributed by atoms with Crippen molar-refractivity contribution < 1.29 is 4.79 Å². The van der Waals surface area contributed by atoms with Crippen LogP contribution in [0.1, 0.15) is 36.1 Å². The molecule has 0 aliphatic carbocycles. The third kappa shape index (κ3) is 4.71. The van der Waals surface area contributed by atoms with E-state index in [9.17, 15) is 9.59 Å². The standard InChI is InChI=1S/C22H24N4O2/c1-3-16(17-9-5-4-6-10-17)14-24-20(27)13-18-15(2)25-21(26-22(18)28)19-11-7-8-12-23-19/h4-12,16H,3,13-14H2,1-2H3,(H,24,27)(H,25,26,28)/t16-/m1/s1. The lowest BCUT2D eigenvalue weighted by Crippen LogP contribution is -2.32. The van der Waals surface area contributed by atoms with Crippen LogP contribution >= 0.6 is 0 Å². The molecule has 2 aromatic heterocycles. The van der Waals surface area contributed by atoms with Gasteiger partial charge in [-0.15, -0.1) is 0 Å². The lowest BCUT2D eigenvalue weighted by molar-refractivity contribution is -0.120. The average molecular weight is 376 g/mol. The van der Waals surface area contributed by atoms with Crippen LogP contribution in [0.5, 0.6) is 0 Å². The fourth-order valence-electron chi connectivity index (χ4n) is 3.13. The molecule has 3 rings (SSSR count). The molecule has 1 aromatic carbocycles. The number of pyridine rings is 1. The number of hydrogen-bond donors (Lipinski definition) is 2. The third-order valence-corrected chi connectivity index (χ3v) is 4.78. The molecular weight excluding hydrogens is 352 g/mol. The lowest BCUT2D eigenvalue weighted by atomic mass is 9.96. The molecule has 0 fully saturated rings. The minimum atomic E-state index is -0.307. The number of amides is 1. The average Bonchev–Trinajstić information content (AvgIpc) is 2.72. The van der Waals surface area contributed by atoms with Crippen molar-refractivity contribution in [2.24, 2.45) is 0 Å². The molecule has 144 valence electrons. The predicted molar refractivity (Wildman–Crippen MR) is 109 cm³/mol. The van der Waals surface area contributed by atoms with Crippen molar-refractivity contribution in [3.05, 3.63) is 81.9 Å². The summed E-state index contributed by atoms with van der Waals surface area (Å²) in [4.78, 5) is 36.2. The molecule has 2 N–H and O–H groups in total. The Morgan fingerprint density at radius 2 is 1.89 bits per heavy atom. The van der Waals surface area contributed by atoms with E-state index in [1.807, 2.05) is 24.3 Å². The Morgan fingerprint density at radius 1 is 1.14 bits per heavy atom.